The molecule has 0 amide bonds. The summed E-state index contributed by atoms with van der Waals surface area (Å²) >= 11 is 0. The van der Waals surface area contributed by atoms with Crippen molar-refractivity contribution in [3.8, 4) is 0 Å². The Balaban J connectivity index is 2.73. The van der Waals surface area contributed by atoms with Gasteiger partial charge in [0.2, 0.25) is 0 Å². The molecule has 2 unspecified atom stereocenters. The van der Waals surface area contributed by atoms with Gasteiger partial charge in [0.25, 0.3) is 0 Å². The number of rotatable bonds is 4. The van der Waals surface area contributed by atoms with Crippen molar-refractivity contribution in [3.05, 3.63) is 0 Å². The highest BCUT2D eigenvalue weighted by molar-refractivity contribution is 7.92. The second kappa shape index (κ2) is 5.30. The zero-order valence-electron chi connectivity index (χ0n) is 9.99. The number of nitrogens with one attached hydrogen (secondary N) is 1. The van der Waals surface area contributed by atoms with Crippen molar-refractivity contribution in [2.45, 2.75) is 50.8 Å². The summed E-state index contributed by atoms with van der Waals surface area (Å²) in [6, 6.07) is 0.135. The second-order valence-electron chi connectivity index (χ2n) is 4.93. The zero-order valence-corrected chi connectivity index (χ0v) is 10.8. The van der Waals surface area contributed by atoms with Gasteiger partial charge in [-0.15, -0.1) is 0 Å². The zero-order chi connectivity index (χ0) is 11.5. The summed E-state index contributed by atoms with van der Waals surface area (Å²) in [5, 5.41) is 3.03. The Bertz CT molecular complexity index is 285. The van der Waals surface area contributed by atoms with Gasteiger partial charge in [-0.25, -0.2) is 8.42 Å². The van der Waals surface area contributed by atoms with Gasteiger partial charge in [-0.2, -0.15) is 0 Å². The van der Waals surface area contributed by atoms with Gasteiger partial charge in [0, 0.05) is 6.04 Å². The van der Waals surface area contributed by atoms with Crippen LogP contribution in [0.3, 0.4) is 0 Å². The van der Waals surface area contributed by atoms with E-state index in [-0.39, 0.29) is 11.3 Å². The van der Waals surface area contributed by atoms with Crippen LogP contribution in [0.4, 0.5) is 0 Å². The van der Waals surface area contributed by atoms with Crippen LogP contribution in [0.2, 0.25) is 0 Å². The first kappa shape index (κ1) is 13.0. The number of hydrogen-bond donors (Lipinski definition) is 1. The minimum absolute atomic E-state index is 0.135. The predicted molar refractivity (Wildman–Crippen MR) is 63.7 cm³/mol. The monoisotopic (exact) mass is 233 g/mol. The van der Waals surface area contributed by atoms with E-state index in [9.17, 15) is 8.42 Å². The average molecular weight is 233 g/mol. The Morgan fingerprint density at radius 2 is 2.00 bits per heavy atom. The van der Waals surface area contributed by atoms with E-state index in [0.717, 1.165) is 25.7 Å². The topological polar surface area (TPSA) is 46.2 Å². The molecule has 1 fully saturated rings. The Kier molecular flexibility index (Phi) is 4.59. The molecule has 1 aliphatic rings. The Hall–Kier alpha value is -0.0900. The van der Waals surface area contributed by atoms with E-state index in [1.807, 2.05) is 7.05 Å². The lowest BCUT2D eigenvalue weighted by atomic mass is 9.98. The van der Waals surface area contributed by atoms with Crippen LogP contribution in [-0.2, 0) is 9.84 Å². The smallest absolute Gasteiger partial charge is 0.154 e. The van der Waals surface area contributed by atoms with Gasteiger partial charge in [0.1, 0.15) is 0 Å². The minimum atomic E-state index is -2.84. The van der Waals surface area contributed by atoms with Crippen molar-refractivity contribution in [2.24, 2.45) is 5.92 Å². The lowest BCUT2D eigenvalue weighted by Gasteiger charge is -2.30. The fourth-order valence-corrected chi connectivity index (χ4v) is 4.58. The van der Waals surface area contributed by atoms with E-state index in [1.54, 1.807) is 0 Å². The molecule has 4 heteroatoms. The second-order valence-corrected chi connectivity index (χ2v) is 7.27. The standard InChI is InChI=1S/C11H23NO2S/c1-9(2)8-10(12-3)11-6-4-5-7-15(11,13)14/h9-12H,4-8H2,1-3H3. The van der Waals surface area contributed by atoms with Crippen LogP contribution < -0.4 is 5.32 Å². The molecule has 1 rings (SSSR count). The first-order valence-corrected chi connectivity index (χ1v) is 7.57. The maximum atomic E-state index is 11.9. The molecular weight excluding hydrogens is 210 g/mol. The summed E-state index contributed by atoms with van der Waals surface area (Å²) in [5.41, 5.74) is 0. The molecule has 0 aromatic carbocycles. The molecule has 1 aliphatic heterocycles. The highest BCUT2D eigenvalue weighted by atomic mass is 32.2. The van der Waals surface area contributed by atoms with Crippen molar-refractivity contribution in [3.63, 3.8) is 0 Å². The van der Waals surface area contributed by atoms with Crippen molar-refractivity contribution < 1.29 is 8.42 Å². The van der Waals surface area contributed by atoms with Crippen LogP contribution in [0.5, 0.6) is 0 Å². The van der Waals surface area contributed by atoms with Gasteiger partial charge in [0.15, 0.2) is 9.84 Å². The number of hydrogen-bond acceptors (Lipinski definition) is 3. The van der Waals surface area contributed by atoms with Crippen LogP contribution in [0, 0.1) is 5.92 Å². The van der Waals surface area contributed by atoms with Crippen molar-refractivity contribution >= 4 is 9.84 Å². The lowest BCUT2D eigenvalue weighted by molar-refractivity contribution is 0.396. The molecule has 0 aromatic rings. The van der Waals surface area contributed by atoms with E-state index in [2.05, 4.69) is 19.2 Å². The predicted octanol–water partition coefficient (Wildman–Crippen LogP) is 1.59. The van der Waals surface area contributed by atoms with Gasteiger partial charge in [-0.1, -0.05) is 20.3 Å². The van der Waals surface area contributed by atoms with Crippen LogP contribution in [-0.4, -0.2) is 32.5 Å². The lowest BCUT2D eigenvalue weighted by Crippen LogP contribution is -2.45. The van der Waals surface area contributed by atoms with E-state index >= 15 is 0 Å². The van der Waals surface area contributed by atoms with Gasteiger partial charge in [0.05, 0.1) is 11.0 Å². The molecule has 1 heterocycles. The first-order valence-electron chi connectivity index (χ1n) is 5.86. The summed E-state index contributed by atoms with van der Waals surface area (Å²) in [6.07, 6.45) is 3.68. The van der Waals surface area contributed by atoms with E-state index in [1.165, 1.54) is 0 Å². The fraction of sp³-hybridized carbons (Fsp3) is 1.00. The maximum Gasteiger partial charge on any atom is 0.154 e. The summed E-state index contributed by atoms with van der Waals surface area (Å²) < 4.78 is 23.8. The van der Waals surface area contributed by atoms with Gasteiger partial charge in [-0.05, 0) is 32.2 Å². The highest BCUT2D eigenvalue weighted by Gasteiger charge is 2.34. The third-order valence-electron chi connectivity index (χ3n) is 3.17. The molecule has 15 heavy (non-hydrogen) atoms. The normalized spacial score (nSPS) is 27.9. The van der Waals surface area contributed by atoms with Crippen molar-refractivity contribution in [1.29, 1.82) is 0 Å². The SMILES string of the molecule is CNC(CC(C)C)C1CCCCS1(=O)=O. The fourth-order valence-electron chi connectivity index (χ4n) is 2.39. The molecule has 0 spiro atoms. The van der Waals surface area contributed by atoms with E-state index in [0.29, 0.717) is 11.7 Å². The minimum Gasteiger partial charge on any atom is -0.316 e. The molecule has 1 N–H and O–H groups in total. The maximum absolute atomic E-state index is 11.9. The largest absolute Gasteiger partial charge is 0.316 e. The van der Waals surface area contributed by atoms with Crippen molar-refractivity contribution in [1.82, 2.24) is 5.32 Å². The summed E-state index contributed by atoms with van der Waals surface area (Å²) in [7, 11) is -0.971. The van der Waals surface area contributed by atoms with Gasteiger partial charge < -0.3 is 5.32 Å². The third kappa shape index (κ3) is 3.45. The highest BCUT2D eigenvalue weighted by Crippen LogP contribution is 2.25. The van der Waals surface area contributed by atoms with E-state index < -0.39 is 9.84 Å². The van der Waals surface area contributed by atoms with Crippen LogP contribution in [0.1, 0.15) is 39.5 Å². The van der Waals surface area contributed by atoms with Crippen LogP contribution in [0.25, 0.3) is 0 Å². The molecule has 90 valence electrons. The summed E-state index contributed by atoms with van der Waals surface area (Å²) in [5.74, 6) is 0.924. The first-order chi connectivity index (χ1) is 6.97. The summed E-state index contributed by atoms with van der Waals surface area (Å²) in [4.78, 5) is 0. The molecule has 3 nitrogen and oxygen atoms in total. The molecule has 0 aromatic heterocycles. The third-order valence-corrected chi connectivity index (χ3v) is 5.52. The Morgan fingerprint density at radius 3 is 2.47 bits per heavy atom. The van der Waals surface area contributed by atoms with Gasteiger partial charge >= 0.3 is 0 Å². The molecule has 0 radical (unpaired) electrons. The van der Waals surface area contributed by atoms with Gasteiger partial charge in [-0.3, -0.25) is 0 Å². The molecule has 0 aliphatic carbocycles. The van der Waals surface area contributed by atoms with Crippen molar-refractivity contribution in [2.75, 3.05) is 12.8 Å². The molecule has 0 saturated carbocycles. The average Bonchev–Trinajstić information content (AvgIpc) is 2.14. The Morgan fingerprint density at radius 1 is 1.33 bits per heavy atom. The Labute approximate surface area is 93.6 Å². The molecule has 2 atom stereocenters. The molecular formula is C11H23NO2S. The van der Waals surface area contributed by atoms with E-state index in [4.69, 9.17) is 0 Å². The number of sulfone groups is 1. The van der Waals surface area contributed by atoms with Crippen LogP contribution in [0.15, 0.2) is 0 Å². The summed E-state index contributed by atoms with van der Waals surface area (Å²) in [6.45, 7) is 4.28. The molecule has 0 bridgehead atoms. The quantitative estimate of drug-likeness (QED) is 0.802. The molecule has 1 saturated heterocycles. The van der Waals surface area contributed by atoms with Crippen LogP contribution >= 0.6 is 0 Å².